The highest BCUT2D eigenvalue weighted by Crippen LogP contribution is 2.27. The van der Waals surface area contributed by atoms with Crippen LogP contribution in [0.3, 0.4) is 0 Å². The Hall–Kier alpha value is -1.75. The maximum absolute atomic E-state index is 11.9. The first-order chi connectivity index (χ1) is 10.4. The van der Waals surface area contributed by atoms with Gasteiger partial charge in [0.25, 0.3) is 0 Å². The van der Waals surface area contributed by atoms with E-state index < -0.39 is 0 Å². The number of hydrogen-bond donors (Lipinski definition) is 3. The van der Waals surface area contributed by atoms with E-state index in [1.165, 1.54) is 5.56 Å². The van der Waals surface area contributed by atoms with Gasteiger partial charge in [-0.3, -0.25) is 0 Å². The molecule has 3 N–H and O–H groups in total. The molecule has 0 saturated carbocycles. The molecule has 1 aromatic carbocycles. The lowest BCUT2D eigenvalue weighted by molar-refractivity contribution is 0.185. The first-order valence-corrected chi connectivity index (χ1v) is 7.77. The van der Waals surface area contributed by atoms with Crippen LogP contribution in [0.4, 0.5) is 4.79 Å². The molecule has 1 aliphatic rings. The zero-order valence-electron chi connectivity index (χ0n) is 13.6. The first-order valence-electron chi connectivity index (χ1n) is 7.77. The average Bonchev–Trinajstić information content (AvgIpc) is 2.85. The van der Waals surface area contributed by atoms with Gasteiger partial charge in [-0.1, -0.05) is 39.0 Å². The third kappa shape index (κ3) is 4.91. The van der Waals surface area contributed by atoms with E-state index in [0.29, 0.717) is 6.54 Å². The highest BCUT2D eigenvalue weighted by molar-refractivity contribution is 5.74. The molecule has 2 unspecified atom stereocenters. The Balaban J connectivity index is 1.74. The molecule has 0 bridgehead atoms. The molecule has 122 valence electrons. The van der Waals surface area contributed by atoms with Crippen molar-refractivity contribution in [3.63, 3.8) is 0 Å². The van der Waals surface area contributed by atoms with Gasteiger partial charge >= 0.3 is 6.03 Å². The predicted molar refractivity (Wildman–Crippen MR) is 86.0 cm³/mol. The van der Waals surface area contributed by atoms with Gasteiger partial charge in [0.2, 0.25) is 0 Å². The van der Waals surface area contributed by atoms with Gasteiger partial charge in [0.1, 0.15) is 11.9 Å². The molecule has 2 rings (SSSR count). The summed E-state index contributed by atoms with van der Waals surface area (Å²) in [6.07, 6.45) is 1.50. The van der Waals surface area contributed by atoms with Crippen LogP contribution in [0.5, 0.6) is 5.75 Å². The summed E-state index contributed by atoms with van der Waals surface area (Å²) in [7, 11) is 0. The van der Waals surface area contributed by atoms with Gasteiger partial charge in [0.05, 0.1) is 19.2 Å². The van der Waals surface area contributed by atoms with E-state index in [2.05, 4.69) is 31.4 Å². The van der Waals surface area contributed by atoms with Crippen LogP contribution in [0.1, 0.15) is 32.8 Å². The van der Waals surface area contributed by atoms with Crippen LogP contribution in [-0.2, 0) is 6.42 Å². The fourth-order valence-electron chi connectivity index (χ4n) is 2.71. The highest BCUT2D eigenvalue weighted by Gasteiger charge is 2.24. The first kappa shape index (κ1) is 16.6. The Morgan fingerprint density at radius 3 is 2.77 bits per heavy atom. The molecule has 1 heterocycles. The molecule has 22 heavy (non-hydrogen) atoms. The molecule has 0 radical (unpaired) electrons. The number of amides is 2. The number of aliphatic hydroxyl groups is 1. The van der Waals surface area contributed by atoms with Gasteiger partial charge in [-0.05, 0) is 23.5 Å². The molecule has 0 saturated heterocycles. The Labute approximate surface area is 132 Å². The quantitative estimate of drug-likeness (QED) is 0.780. The van der Waals surface area contributed by atoms with E-state index >= 15 is 0 Å². The molecule has 1 aromatic rings. The van der Waals surface area contributed by atoms with E-state index in [1.54, 1.807) is 0 Å². The molecule has 2 atom stereocenters. The van der Waals surface area contributed by atoms with Crippen molar-refractivity contribution in [2.75, 3.05) is 13.2 Å². The normalized spacial score (nSPS) is 18.3. The van der Waals surface area contributed by atoms with Crippen LogP contribution >= 0.6 is 0 Å². The number of ether oxygens (including phenoxy) is 1. The number of benzene rings is 1. The largest absolute Gasteiger partial charge is 0.488 e. The Morgan fingerprint density at radius 2 is 2.14 bits per heavy atom. The number of nitrogens with one attached hydrogen (secondary N) is 2. The van der Waals surface area contributed by atoms with Crippen LogP contribution in [0, 0.1) is 5.41 Å². The topological polar surface area (TPSA) is 70.6 Å². The summed E-state index contributed by atoms with van der Waals surface area (Å²) in [5, 5.41) is 15.0. The van der Waals surface area contributed by atoms with E-state index in [4.69, 9.17) is 4.74 Å². The summed E-state index contributed by atoms with van der Waals surface area (Å²) in [4.78, 5) is 11.9. The van der Waals surface area contributed by atoms with Crippen molar-refractivity contribution in [2.45, 2.75) is 45.8 Å². The smallest absolute Gasteiger partial charge is 0.315 e. The zero-order chi connectivity index (χ0) is 16.2. The van der Waals surface area contributed by atoms with Crippen molar-refractivity contribution in [3.8, 4) is 5.75 Å². The van der Waals surface area contributed by atoms with Crippen LogP contribution in [0.25, 0.3) is 0 Å². The fourth-order valence-corrected chi connectivity index (χ4v) is 2.71. The Kier molecular flexibility index (Phi) is 5.29. The molecule has 0 aliphatic carbocycles. The van der Waals surface area contributed by atoms with Crippen molar-refractivity contribution in [1.29, 1.82) is 0 Å². The van der Waals surface area contributed by atoms with Crippen molar-refractivity contribution in [2.24, 2.45) is 5.41 Å². The molecule has 0 spiro atoms. The maximum atomic E-state index is 11.9. The molecular weight excluding hydrogens is 280 g/mol. The van der Waals surface area contributed by atoms with E-state index in [0.717, 1.165) is 18.6 Å². The molecular formula is C17H26N2O3. The van der Waals surface area contributed by atoms with Gasteiger partial charge in [-0.15, -0.1) is 0 Å². The standard InChI is InChI=1S/C17H26N2O3/c1-17(2,3)9-13(11-20)19-16(21)18-10-14-8-12-6-4-5-7-15(12)22-14/h4-7,13-14,20H,8-11H2,1-3H3,(H2,18,19,21). The summed E-state index contributed by atoms with van der Waals surface area (Å²) >= 11 is 0. The zero-order valence-corrected chi connectivity index (χ0v) is 13.6. The number of fused-ring (bicyclic) bond motifs is 1. The van der Waals surface area contributed by atoms with Gasteiger partial charge in [-0.25, -0.2) is 4.79 Å². The predicted octanol–water partition coefficient (Wildman–Crippen LogP) is 2.09. The second-order valence-electron chi connectivity index (χ2n) is 7.05. The molecule has 2 amide bonds. The maximum Gasteiger partial charge on any atom is 0.315 e. The number of carbonyl (C=O) groups excluding carboxylic acids is 1. The molecule has 0 aromatic heterocycles. The summed E-state index contributed by atoms with van der Waals surface area (Å²) in [6.45, 7) is 6.64. The Bertz CT molecular complexity index is 486. The summed E-state index contributed by atoms with van der Waals surface area (Å²) in [5.41, 5.74) is 1.23. The number of hydrogen-bond acceptors (Lipinski definition) is 3. The number of carbonyl (C=O) groups is 1. The second-order valence-corrected chi connectivity index (χ2v) is 7.05. The van der Waals surface area contributed by atoms with Gasteiger partial charge in [-0.2, -0.15) is 0 Å². The number of para-hydroxylation sites is 1. The SMILES string of the molecule is CC(C)(C)CC(CO)NC(=O)NCC1Cc2ccccc2O1. The number of urea groups is 1. The average molecular weight is 306 g/mol. The third-order valence-corrected chi connectivity index (χ3v) is 3.62. The lowest BCUT2D eigenvalue weighted by Gasteiger charge is -2.25. The minimum Gasteiger partial charge on any atom is -0.488 e. The minimum absolute atomic E-state index is 0.0293. The van der Waals surface area contributed by atoms with E-state index in [-0.39, 0.29) is 30.2 Å². The monoisotopic (exact) mass is 306 g/mol. The van der Waals surface area contributed by atoms with E-state index in [9.17, 15) is 9.90 Å². The fraction of sp³-hybridized carbons (Fsp3) is 0.588. The van der Waals surface area contributed by atoms with Crippen molar-refractivity contribution < 1.29 is 14.6 Å². The lowest BCUT2D eigenvalue weighted by atomic mass is 9.88. The summed E-state index contributed by atoms with van der Waals surface area (Å²) < 4.78 is 5.78. The van der Waals surface area contributed by atoms with Crippen LogP contribution in [-0.4, -0.2) is 36.4 Å². The van der Waals surface area contributed by atoms with Gasteiger partial charge in [0, 0.05) is 6.42 Å². The van der Waals surface area contributed by atoms with Crippen LogP contribution in [0.2, 0.25) is 0 Å². The van der Waals surface area contributed by atoms with E-state index in [1.807, 2.05) is 24.3 Å². The molecule has 1 aliphatic heterocycles. The van der Waals surface area contributed by atoms with Crippen molar-refractivity contribution in [1.82, 2.24) is 10.6 Å². The van der Waals surface area contributed by atoms with Crippen molar-refractivity contribution >= 4 is 6.03 Å². The summed E-state index contributed by atoms with van der Waals surface area (Å²) in [6, 6.07) is 7.42. The van der Waals surface area contributed by atoms with Gasteiger partial charge in [0.15, 0.2) is 0 Å². The third-order valence-electron chi connectivity index (χ3n) is 3.62. The highest BCUT2D eigenvalue weighted by atomic mass is 16.5. The lowest BCUT2D eigenvalue weighted by Crippen LogP contribution is -2.47. The molecule has 5 nitrogen and oxygen atoms in total. The number of rotatable bonds is 5. The molecule has 5 heteroatoms. The minimum atomic E-state index is -0.261. The Morgan fingerprint density at radius 1 is 1.41 bits per heavy atom. The summed E-state index contributed by atoms with van der Waals surface area (Å²) in [5.74, 6) is 0.899. The van der Waals surface area contributed by atoms with Gasteiger partial charge < -0.3 is 20.5 Å². The van der Waals surface area contributed by atoms with Crippen LogP contribution < -0.4 is 15.4 Å². The van der Waals surface area contributed by atoms with Crippen LogP contribution in [0.15, 0.2) is 24.3 Å². The second kappa shape index (κ2) is 7.01. The molecule has 0 fully saturated rings. The number of aliphatic hydroxyl groups excluding tert-OH is 1. The van der Waals surface area contributed by atoms with Crippen molar-refractivity contribution in [3.05, 3.63) is 29.8 Å².